The largest absolute Gasteiger partial charge is 0.444 e. The highest BCUT2D eigenvalue weighted by Crippen LogP contribution is 2.26. The molecule has 0 bridgehead atoms. The van der Waals surface area contributed by atoms with E-state index < -0.39 is 11.4 Å². The molecule has 0 radical (unpaired) electrons. The van der Waals surface area contributed by atoms with Gasteiger partial charge in [-0.2, -0.15) is 0 Å². The predicted molar refractivity (Wildman–Crippen MR) is 125 cm³/mol. The van der Waals surface area contributed by atoms with Gasteiger partial charge in [0.1, 0.15) is 17.2 Å². The van der Waals surface area contributed by atoms with Crippen LogP contribution in [0.25, 0.3) is 17.0 Å². The van der Waals surface area contributed by atoms with E-state index in [0.29, 0.717) is 35.9 Å². The molecular weight excluding hydrogens is 423 g/mol. The van der Waals surface area contributed by atoms with E-state index in [-0.39, 0.29) is 17.6 Å². The minimum atomic E-state index is -0.544. The lowest BCUT2D eigenvalue weighted by Gasteiger charge is -2.24. The number of nitrogens with zero attached hydrogens (tertiary/aromatic N) is 5. The Bertz CT molecular complexity index is 1180. The molecule has 9 heteroatoms. The molecule has 1 saturated heterocycles. The number of likely N-dealkylation sites (tertiary alicyclic amines) is 1. The number of hydrogen-bond acceptors (Lipinski definition) is 6. The quantitative estimate of drug-likeness (QED) is 0.620. The fraction of sp³-hybridized carbons (Fsp3) is 0.500. The predicted octanol–water partition coefficient (Wildman–Crippen LogP) is 4.65. The van der Waals surface area contributed by atoms with Crippen LogP contribution in [0.3, 0.4) is 0 Å². The van der Waals surface area contributed by atoms with E-state index in [2.05, 4.69) is 41.0 Å². The van der Waals surface area contributed by atoms with Gasteiger partial charge in [0.25, 0.3) is 0 Å². The molecule has 1 amide bonds. The van der Waals surface area contributed by atoms with E-state index in [1.165, 1.54) is 12.1 Å². The number of rotatable bonds is 3. The minimum Gasteiger partial charge on any atom is -0.444 e. The molecule has 0 spiro atoms. The lowest BCUT2D eigenvalue weighted by atomic mass is 9.93. The SMILES string of the molecule is CC(C)(C)OC(=O)N1CCC(Nc2cc(F)cc(-c3cnc4cnc(C(C)(C)C)cn34)n2)C1. The molecule has 8 nitrogen and oxygen atoms in total. The van der Waals surface area contributed by atoms with Crippen LogP contribution in [0.4, 0.5) is 15.0 Å². The number of carbonyl (C=O) groups is 1. The monoisotopic (exact) mass is 454 g/mol. The molecule has 33 heavy (non-hydrogen) atoms. The Morgan fingerprint density at radius 3 is 2.61 bits per heavy atom. The van der Waals surface area contributed by atoms with Crippen LogP contribution in [0.5, 0.6) is 0 Å². The first kappa shape index (κ1) is 22.9. The summed E-state index contributed by atoms with van der Waals surface area (Å²) >= 11 is 0. The number of imidazole rings is 1. The number of fused-ring (bicyclic) bond motifs is 1. The van der Waals surface area contributed by atoms with Gasteiger partial charge < -0.3 is 15.0 Å². The summed E-state index contributed by atoms with van der Waals surface area (Å²) in [5.41, 5.74) is 2.04. The summed E-state index contributed by atoms with van der Waals surface area (Å²) in [7, 11) is 0. The molecule has 1 atom stereocenters. The second kappa shape index (κ2) is 8.28. The highest BCUT2D eigenvalue weighted by molar-refractivity contribution is 5.69. The van der Waals surface area contributed by atoms with Gasteiger partial charge in [0, 0.05) is 42.9 Å². The molecule has 0 aromatic carbocycles. The third-order valence-electron chi connectivity index (χ3n) is 5.41. The lowest BCUT2D eigenvalue weighted by Crippen LogP contribution is -2.36. The molecule has 1 aliphatic rings. The average molecular weight is 455 g/mol. The molecule has 1 fully saturated rings. The molecule has 1 unspecified atom stereocenters. The van der Waals surface area contributed by atoms with E-state index in [0.717, 1.165) is 12.1 Å². The average Bonchev–Trinajstić information content (AvgIpc) is 3.32. The van der Waals surface area contributed by atoms with E-state index in [4.69, 9.17) is 4.74 Å². The van der Waals surface area contributed by atoms with Gasteiger partial charge in [0.2, 0.25) is 0 Å². The van der Waals surface area contributed by atoms with E-state index in [1.54, 1.807) is 17.3 Å². The molecule has 1 N–H and O–H groups in total. The van der Waals surface area contributed by atoms with Gasteiger partial charge in [-0.3, -0.25) is 9.38 Å². The van der Waals surface area contributed by atoms with Crippen molar-refractivity contribution < 1.29 is 13.9 Å². The molecule has 0 saturated carbocycles. The van der Waals surface area contributed by atoms with E-state index in [1.807, 2.05) is 31.4 Å². The van der Waals surface area contributed by atoms with Crippen molar-refractivity contribution in [3.8, 4) is 11.4 Å². The number of pyridine rings is 1. The van der Waals surface area contributed by atoms with Gasteiger partial charge in [-0.05, 0) is 27.2 Å². The normalized spacial score (nSPS) is 16.9. The third-order valence-corrected chi connectivity index (χ3v) is 5.41. The van der Waals surface area contributed by atoms with E-state index >= 15 is 0 Å². The number of aromatic nitrogens is 4. The summed E-state index contributed by atoms with van der Waals surface area (Å²) in [5.74, 6) is 0.0191. The molecule has 1 aliphatic heterocycles. The van der Waals surface area contributed by atoms with Crippen molar-refractivity contribution in [1.82, 2.24) is 24.3 Å². The number of carbonyl (C=O) groups excluding carboxylic acids is 1. The molecule has 3 aromatic rings. The smallest absolute Gasteiger partial charge is 0.410 e. The highest BCUT2D eigenvalue weighted by Gasteiger charge is 2.30. The number of halogens is 1. The van der Waals surface area contributed by atoms with E-state index in [9.17, 15) is 9.18 Å². The van der Waals surface area contributed by atoms with Gasteiger partial charge in [0.15, 0.2) is 5.65 Å². The number of hydrogen-bond donors (Lipinski definition) is 1. The second-order valence-electron chi connectivity index (χ2n) is 10.5. The Hall–Kier alpha value is -3.23. The Kier molecular flexibility index (Phi) is 5.76. The third kappa shape index (κ3) is 5.23. The summed E-state index contributed by atoms with van der Waals surface area (Å²) in [6.45, 7) is 12.8. The maximum absolute atomic E-state index is 14.5. The molecule has 0 aliphatic carbocycles. The maximum atomic E-state index is 14.5. The van der Waals surface area contributed by atoms with Gasteiger partial charge in [-0.15, -0.1) is 0 Å². The maximum Gasteiger partial charge on any atom is 0.410 e. The number of amides is 1. The minimum absolute atomic E-state index is 0.0430. The summed E-state index contributed by atoms with van der Waals surface area (Å²) in [5, 5.41) is 3.27. The van der Waals surface area contributed by atoms with Crippen molar-refractivity contribution >= 4 is 17.6 Å². The first-order chi connectivity index (χ1) is 15.4. The van der Waals surface area contributed by atoms with Gasteiger partial charge in [-0.1, -0.05) is 20.8 Å². The van der Waals surface area contributed by atoms with Crippen LogP contribution in [0, 0.1) is 5.82 Å². The summed E-state index contributed by atoms with van der Waals surface area (Å²) in [6.07, 6.45) is 5.70. The summed E-state index contributed by atoms with van der Waals surface area (Å²) in [4.78, 5) is 27.5. The fourth-order valence-electron chi connectivity index (χ4n) is 3.75. The molecule has 4 heterocycles. The molecule has 3 aromatic heterocycles. The number of anilines is 1. The van der Waals surface area contributed by atoms with Crippen LogP contribution in [0.2, 0.25) is 0 Å². The summed E-state index contributed by atoms with van der Waals surface area (Å²) < 4.78 is 21.9. The van der Waals surface area contributed by atoms with Crippen molar-refractivity contribution in [2.45, 2.75) is 65.0 Å². The zero-order valence-electron chi connectivity index (χ0n) is 20.0. The Balaban J connectivity index is 1.55. The Labute approximate surface area is 193 Å². The van der Waals surface area contributed by atoms with Crippen LogP contribution in [0.1, 0.15) is 53.7 Å². The Morgan fingerprint density at radius 1 is 1.15 bits per heavy atom. The van der Waals surface area contributed by atoms with Crippen molar-refractivity contribution in [1.29, 1.82) is 0 Å². The second-order valence-corrected chi connectivity index (χ2v) is 10.5. The van der Waals surface area contributed by atoms with Crippen LogP contribution in [-0.2, 0) is 10.2 Å². The van der Waals surface area contributed by atoms with Crippen LogP contribution in [0.15, 0.2) is 30.7 Å². The first-order valence-corrected chi connectivity index (χ1v) is 11.1. The van der Waals surface area contributed by atoms with Crippen LogP contribution < -0.4 is 5.32 Å². The fourth-order valence-corrected chi connectivity index (χ4v) is 3.75. The van der Waals surface area contributed by atoms with Crippen LogP contribution in [-0.4, -0.2) is 55.1 Å². The van der Waals surface area contributed by atoms with Gasteiger partial charge in [-0.25, -0.2) is 19.2 Å². The highest BCUT2D eigenvalue weighted by atomic mass is 19.1. The van der Waals surface area contributed by atoms with Crippen LogP contribution >= 0.6 is 0 Å². The van der Waals surface area contributed by atoms with Gasteiger partial charge in [0.05, 0.1) is 29.5 Å². The lowest BCUT2D eigenvalue weighted by molar-refractivity contribution is 0.0293. The number of ether oxygens (including phenoxy) is 1. The van der Waals surface area contributed by atoms with Crippen molar-refractivity contribution in [3.63, 3.8) is 0 Å². The molecule has 176 valence electrons. The van der Waals surface area contributed by atoms with Gasteiger partial charge >= 0.3 is 6.09 Å². The zero-order chi connectivity index (χ0) is 24.0. The van der Waals surface area contributed by atoms with Crippen molar-refractivity contribution in [2.24, 2.45) is 0 Å². The number of nitrogens with one attached hydrogen (secondary N) is 1. The molecule has 4 rings (SSSR count). The Morgan fingerprint density at radius 2 is 1.91 bits per heavy atom. The standard InChI is InChI=1S/C24H31FN6O2/c1-23(2,3)19-14-31-18(11-27-21(31)12-26-19)17-9-15(25)10-20(29-17)28-16-7-8-30(13-16)22(32)33-24(4,5)6/h9-12,14,16H,7-8,13H2,1-6H3,(H,28,29). The topological polar surface area (TPSA) is 84.6 Å². The summed E-state index contributed by atoms with van der Waals surface area (Å²) in [6, 6.07) is 2.72. The van der Waals surface area contributed by atoms with Crippen molar-refractivity contribution in [3.05, 3.63) is 42.2 Å². The molecular formula is C24H31FN6O2. The van der Waals surface area contributed by atoms with Crippen molar-refractivity contribution in [2.75, 3.05) is 18.4 Å². The first-order valence-electron chi connectivity index (χ1n) is 11.1. The zero-order valence-corrected chi connectivity index (χ0v) is 20.0.